The molecule has 0 spiro atoms. The van der Waals surface area contributed by atoms with Crippen LogP contribution in [-0.4, -0.2) is 5.78 Å². The SMILES string of the molecule is CC1=C[C@H]2CCCC[C@H]2C1=O. The number of rotatable bonds is 0. The maximum Gasteiger partial charge on any atom is 0.161 e. The van der Waals surface area contributed by atoms with E-state index in [9.17, 15) is 4.79 Å². The molecule has 11 heavy (non-hydrogen) atoms. The minimum Gasteiger partial charge on any atom is -0.294 e. The zero-order valence-electron chi connectivity index (χ0n) is 6.97. The maximum absolute atomic E-state index is 11.5. The third-order valence-corrected chi connectivity index (χ3v) is 3.01. The molecule has 0 bridgehead atoms. The van der Waals surface area contributed by atoms with Gasteiger partial charge in [0.05, 0.1) is 0 Å². The third kappa shape index (κ3) is 1.03. The predicted molar refractivity (Wildman–Crippen MR) is 44.2 cm³/mol. The number of fused-ring (bicyclic) bond motifs is 1. The minimum atomic E-state index is 0.378. The molecule has 1 fully saturated rings. The van der Waals surface area contributed by atoms with Crippen LogP contribution in [0.5, 0.6) is 0 Å². The summed E-state index contributed by atoms with van der Waals surface area (Å²) in [5.41, 5.74) is 1.02. The van der Waals surface area contributed by atoms with Crippen molar-refractivity contribution in [3.8, 4) is 0 Å². The summed E-state index contributed by atoms with van der Waals surface area (Å²) in [4.78, 5) is 11.5. The van der Waals surface area contributed by atoms with E-state index in [0.29, 0.717) is 17.6 Å². The molecule has 0 unspecified atom stereocenters. The summed E-state index contributed by atoms with van der Waals surface area (Å²) in [6, 6.07) is 0. The van der Waals surface area contributed by atoms with Crippen molar-refractivity contribution in [3.63, 3.8) is 0 Å². The number of ketones is 1. The lowest BCUT2D eigenvalue weighted by Gasteiger charge is -2.22. The Labute approximate surface area is 67.5 Å². The number of hydrogen-bond donors (Lipinski definition) is 0. The van der Waals surface area contributed by atoms with Gasteiger partial charge >= 0.3 is 0 Å². The van der Waals surface area contributed by atoms with Gasteiger partial charge in [-0.2, -0.15) is 0 Å². The van der Waals surface area contributed by atoms with Crippen LogP contribution >= 0.6 is 0 Å². The second kappa shape index (κ2) is 2.47. The van der Waals surface area contributed by atoms with Crippen LogP contribution < -0.4 is 0 Å². The molecule has 1 nitrogen and oxygen atoms in total. The normalized spacial score (nSPS) is 36.8. The first-order valence-corrected chi connectivity index (χ1v) is 4.51. The first-order chi connectivity index (χ1) is 5.29. The number of allylic oxidation sites excluding steroid dienone is 2. The van der Waals surface area contributed by atoms with Crippen molar-refractivity contribution in [2.24, 2.45) is 11.8 Å². The Bertz CT molecular complexity index is 215. The summed E-state index contributed by atoms with van der Waals surface area (Å²) in [5, 5.41) is 0. The van der Waals surface area contributed by atoms with E-state index in [-0.39, 0.29) is 0 Å². The quantitative estimate of drug-likeness (QED) is 0.518. The lowest BCUT2D eigenvalue weighted by Crippen LogP contribution is -2.20. The Morgan fingerprint density at radius 3 is 2.82 bits per heavy atom. The van der Waals surface area contributed by atoms with Crippen molar-refractivity contribution in [3.05, 3.63) is 11.6 Å². The molecule has 2 rings (SSSR count). The maximum atomic E-state index is 11.5. The molecule has 0 aromatic carbocycles. The largest absolute Gasteiger partial charge is 0.294 e. The molecule has 0 N–H and O–H groups in total. The Balaban J connectivity index is 2.20. The molecule has 0 aromatic rings. The van der Waals surface area contributed by atoms with E-state index in [4.69, 9.17) is 0 Å². The molecule has 0 radical (unpaired) electrons. The Kier molecular flexibility index (Phi) is 1.59. The fourth-order valence-corrected chi connectivity index (χ4v) is 2.38. The Hall–Kier alpha value is -0.590. The predicted octanol–water partition coefficient (Wildman–Crippen LogP) is 2.32. The van der Waals surface area contributed by atoms with E-state index in [1.54, 1.807) is 0 Å². The highest BCUT2D eigenvalue weighted by atomic mass is 16.1. The van der Waals surface area contributed by atoms with Crippen molar-refractivity contribution in [2.45, 2.75) is 32.6 Å². The fourth-order valence-electron chi connectivity index (χ4n) is 2.38. The van der Waals surface area contributed by atoms with E-state index < -0.39 is 0 Å². The van der Waals surface area contributed by atoms with Crippen LogP contribution in [0, 0.1) is 11.8 Å². The average Bonchev–Trinajstić information content (AvgIpc) is 2.30. The van der Waals surface area contributed by atoms with Crippen LogP contribution in [0.1, 0.15) is 32.6 Å². The number of Topliss-reactive ketones (excluding diaryl/α,β-unsaturated/α-hetero) is 1. The van der Waals surface area contributed by atoms with Gasteiger partial charge in [-0.3, -0.25) is 4.79 Å². The first-order valence-electron chi connectivity index (χ1n) is 4.51. The lowest BCUT2D eigenvalue weighted by molar-refractivity contribution is -0.119. The average molecular weight is 150 g/mol. The molecular formula is C10H14O. The fraction of sp³-hybridized carbons (Fsp3) is 0.700. The molecule has 2 aliphatic carbocycles. The van der Waals surface area contributed by atoms with Gasteiger partial charge in [0.1, 0.15) is 0 Å². The van der Waals surface area contributed by atoms with E-state index in [2.05, 4.69) is 6.08 Å². The summed E-state index contributed by atoms with van der Waals surface area (Å²) in [6.45, 7) is 1.96. The molecule has 1 saturated carbocycles. The van der Waals surface area contributed by atoms with Crippen molar-refractivity contribution in [2.75, 3.05) is 0 Å². The summed E-state index contributed by atoms with van der Waals surface area (Å²) in [5.74, 6) is 1.41. The van der Waals surface area contributed by atoms with E-state index in [1.807, 2.05) is 6.92 Å². The van der Waals surface area contributed by atoms with Gasteiger partial charge in [-0.15, -0.1) is 0 Å². The number of hydrogen-bond acceptors (Lipinski definition) is 1. The summed E-state index contributed by atoms with van der Waals surface area (Å²) >= 11 is 0. The molecular weight excluding hydrogens is 136 g/mol. The highest BCUT2D eigenvalue weighted by Crippen LogP contribution is 2.38. The Morgan fingerprint density at radius 1 is 1.36 bits per heavy atom. The molecule has 0 saturated heterocycles. The standard InChI is InChI=1S/C10H14O/c1-7-6-8-4-2-3-5-9(8)10(7)11/h6,8-9H,2-5H2,1H3/t8-,9-/m1/s1. The van der Waals surface area contributed by atoms with Gasteiger partial charge in [0.25, 0.3) is 0 Å². The van der Waals surface area contributed by atoms with Gasteiger partial charge in [-0.25, -0.2) is 0 Å². The molecule has 2 aliphatic rings. The van der Waals surface area contributed by atoms with Crippen molar-refractivity contribution in [1.82, 2.24) is 0 Å². The molecule has 1 heteroatoms. The zero-order valence-corrected chi connectivity index (χ0v) is 6.97. The van der Waals surface area contributed by atoms with Crippen molar-refractivity contribution < 1.29 is 4.79 Å². The van der Waals surface area contributed by atoms with Crippen LogP contribution in [0.4, 0.5) is 0 Å². The van der Waals surface area contributed by atoms with Crippen molar-refractivity contribution >= 4 is 5.78 Å². The van der Waals surface area contributed by atoms with E-state index >= 15 is 0 Å². The second-order valence-electron chi connectivity index (χ2n) is 3.77. The topological polar surface area (TPSA) is 17.1 Å². The van der Waals surface area contributed by atoms with Gasteiger partial charge in [0.15, 0.2) is 5.78 Å². The summed E-state index contributed by atoms with van der Waals surface area (Å²) in [7, 11) is 0. The van der Waals surface area contributed by atoms with Crippen LogP contribution in [0.2, 0.25) is 0 Å². The number of carbonyl (C=O) groups is 1. The first kappa shape index (κ1) is 7.08. The van der Waals surface area contributed by atoms with Gasteiger partial charge in [0, 0.05) is 5.92 Å². The lowest BCUT2D eigenvalue weighted by atomic mass is 9.81. The summed E-state index contributed by atoms with van der Waals surface area (Å²) in [6.07, 6.45) is 7.14. The minimum absolute atomic E-state index is 0.378. The monoisotopic (exact) mass is 150 g/mol. The molecule has 0 heterocycles. The smallest absolute Gasteiger partial charge is 0.161 e. The van der Waals surface area contributed by atoms with E-state index in [0.717, 1.165) is 12.0 Å². The van der Waals surface area contributed by atoms with Crippen LogP contribution in [-0.2, 0) is 4.79 Å². The highest BCUT2D eigenvalue weighted by molar-refractivity contribution is 5.99. The number of carbonyl (C=O) groups excluding carboxylic acids is 1. The highest BCUT2D eigenvalue weighted by Gasteiger charge is 2.34. The molecule has 0 aromatic heterocycles. The van der Waals surface area contributed by atoms with E-state index in [1.165, 1.54) is 19.3 Å². The van der Waals surface area contributed by atoms with Gasteiger partial charge in [-0.1, -0.05) is 18.9 Å². The second-order valence-corrected chi connectivity index (χ2v) is 3.77. The van der Waals surface area contributed by atoms with Crippen molar-refractivity contribution in [1.29, 1.82) is 0 Å². The molecule has 0 aliphatic heterocycles. The van der Waals surface area contributed by atoms with Gasteiger partial charge in [-0.05, 0) is 31.3 Å². The molecule has 0 amide bonds. The van der Waals surface area contributed by atoms with Crippen LogP contribution in [0.3, 0.4) is 0 Å². The third-order valence-electron chi connectivity index (χ3n) is 3.01. The van der Waals surface area contributed by atoms with Crippen LogP contribution in [0.25, 0.3) is 0 Å². The Morgan fingerprint density at radius 2 is 2.09 bits per heavy atom. The van der Waals surface area contributed by atoms with Gasteiger partial charge in [0.2, 0.25) is 0 Å². The van der Waals surface area contributed by atoms with Crippen LogP contribution in [0.15, 0.2) is 11.6 Å². The molecule has 60 valence electrons. The zero-order chi connectivity index (χ0) is 7.84. The van der Waals surface area contributed by atoms with Gasteiger partial charge < -0.3 is 0 Å². The summed E-state index contributed by atoms with van der Waals surface area (Å²) < 4.78 is 0. The molecule has 2 atom stereocenters.